The minimum absolute atomic E-state index is 0.209. The van der Waals surface area contributed by atoms with Crippen LogP contribution in [-0.4, -0.2) is 62.1 Å². The first-order chi connectivity index (χ1) is 15.3. The van der Waals surface area contributed by atoms with Crippen molar-refractivity contribution in [1.29, 1.82) is 0 Å². The van der Waals surface area contributed by atoms with Crippen molar-refractivity contribution >= 4 is 28.5 Å². The second kappa shape index (κ2) is 10.7. The van der Waals surface area contributed by atoms with Gasteiger partial charge in [-0.3, -0.25) is 9.59 Å². The molecule has 6 nitrogen and oxygen atoms in total. The highest BCUT2D eigenvalue weighted by molar-refractivity contribution is 8.08. The van der Waals surface area contributed by atoms with Gasteiger partial charge in [-0.25, -0.2) is 0 Å². The van der Waals surface area contributed by atoms with E-state index < -0.39 is 17.3 Å². The van der Waals surface area contributed by atoms with E-state index in [-0.39, 0.29) is 5.91 Å². The van der Waals surface area contributed by atoms with Crippen LogP contribution in [0.5, 0.6) is 5.75 Å². The zero-order valence-electron chi connectivity index (χ0n) is 19.2. The summed E-state index contributed by atoms with van der Waals surface area (Å²) in [7, 11) is 5.55. The molecule has 1 aliphatic heterocycles. The van der Waals surface area contributed by atoms with E-state index in [1.54, 1.807) is 23.8 Å². The lowest BCUT2D eigenvalue weighted by molar-refractivity contribution is -0.157. The molecule has 7 heteroatoms. The van der Waals surface area contributed by atoms with Crippen molar-refractivity contribution < 1.29 is 19.1 Å². The number of allylic oxidation sites excluding steroid dienone is 1. The molecule has 0 N–H and O–H groups in total. The summed E-state index contributed by atoms with van der Waals surface area (Å²) < 4.78 is 10.9. The molecule has 0 radical (unpaired) electrons. The van der Waals surface area contributed by atoms with Crippen LogP contribution in [0, 0.1) is 0 Å². The number of hydrogen-bond acceptors (Lipinski definition) is 6. The summed E-state index contributed by atoms with van der Waals surface area (Å²) in [5, 5.41) is -0.396. The molecule has 3 rings (SSSR count). The third kappa shape index (κ3) is 5.53. The standard InChI is InChI=1S/C25H30N2O4S/c1-17-23(19-9-7-6-8-10-19)32-24(20-11-13-21(30-5)14-12-20)22(31-18(2)28)25(29)27(17)16-15-26(3)4/h6-14,22,24H,15-16H2,1-5H3. The highest BCUT2D eigenvalue weighted by atomic mass is 32.2. The van der Waals surface area contributed by atoms with Gasteiger partial charge in [-0.05, 0) is 44.3 Å². The number of likely N-dealkylation sites (N-methyl/N-ethyl adjacent to an activating group) is 1. The van der Waals surface area contributed by atoms with Gasteiger partial charge in [0.05, 0.1) is 12.4 Å². The maximum atomic E-state index is 13.7. The van der Waals surface area contributed by atoms with E-state index in [1.165, 1.54) is 6.92 Å². The van der Waals surface area contributed by atoms with Crippen molar-refractivity contribution in [2.24, 2.45) is 0 Å². The van der Waals surface area contributed by atoms with Crippen molar-refractivity contribution in [3.05, 3.63) is 71.4 Å². The molecule has 0 saturated heterocycles. The topological polar surface area (TPSA) is 59.1 Å². The first-order valence-corrected chi connectivity index (χ1v) is 11.4. The molecule has 2 atom stereocenters. The van der Waals surface area contributed by atoms with Gasteiger partial charge in [0.25, 0.3) is 5.91 Å². The molecule has 1 heterocycles. The second-order valence-corrected chi connectivity index (χ2v) is 9.07. The van der Waals surface area contributed by atoms with Crippen LogP contribution >= 0.6 is 11.8 Å². The van der Waals surface area contributed by atoms with Crippen molar-refractivity contribution in [3.63, 3.8) is 0 Å². The number of nitrogens with zero attached hydrogens (tertiary/aromatic N) is 2. The molecule has 1 amide bonds. The Morgan fingerprint density at radius 3 is 2.31 bits per heavy atom. The lowest BCUT2D eigenvalue weighted by atomic mass is 10.1. The average molecular weight is 455 g/mol. The largest absolute Gasteiger partial charge is 0.497 e. The molecule has 1 aliphatic rings. The molecule has 0 fully saturated rings. The summed E-state index contributed by atoms with van der Waals surface area (Å²) in [6.45, 7) is 4.50. The normalized spacial score (nSPS) is 19.2. The molecule has 2 aromatic rings. The summed E-state index contributed by atoms with van der Waals surface area (Å²) in [6, 6.07) is 17.6. The zero-order valence-corrected chi connectivity index (χ0v) is 20.0. The highest BCUT2D eigenvalue weighted by Crippen LogP contribution is 2.48. The predicted molar refractivity (Wildman–Crippen MR) is 128 cm³/mol. The number of esters is 1. The molecule has 2 aromatic carbocycles. The predicted octanol–water partition coefficient (Wildman–Crippen LogP) is 4.19. The Balaban J connectivity index is 2.13. The quantitative estimate of drug-likeness (QED) is 0.585. The van der Waals surface area contributed by atoms with Gasteiger partial charge >= 0.3 is 5.97 Å². The third-order valence-corrected chi connectivity index (χ3v) is 6.85. The Morgan fingerprint density at radius 1 is 1.09 bits per heavy atom. The minimum Gasteiger partial charge on any atom is -0.497 e. The van der Waals surface area contributed by atoms with Gasteiger partial charge in [0.2, 0.25) is 0 Å². The number of carbonyl (C=O) groups is 2. The molecular weight excluding hydrogens is 424 g/mol. The van der Waals surface area contributed by atoms with Crippen LogP contribution in [0.1, 0.15) is 30.2 Å². The van der Waals surface area contributed by atoms with E-state index in [0.29, 0.717) is 13.1 Å². The SMILES string of the molecule is COc1ccc(C2SC(c3ccccc3)=C(C)N(CCN(C)C)C(=O)C2OC(C)=O)cc1. The van der Waals surface area contributed by atoms with Crippen molar-refractivity contribution in [1.82, 2.24) is 9.80 Å². The number of carbonyl (C=O) groups excluding carboxylic acids is 2. The number of rotatable bonds is 7. The number of ether oxygens (including phenoxy) is 2. The van der Waals surface area contributed by atoms with Gasteiger partial charge in [0.15, 0.2) is 6.10 Å². The smallest absolute Gasteiger partial charge is 0.303 e. The molecule has 0 spiro atoms. The molecule has 32 heavy (non-hydrogen) atoms. The monoisotopic (exact) mass is 454 g/mol. The molecule has 2 unspecified atom stereocenters. The molecule has 0 bridgehead atoms. The fraction of sp³-hybridized carbons (Fsp3) is 0.360. The Hall–Kier alpha value is -2.77. The molecular formula is C25H30N2O4S. The Labute approximate surface area is 194 Å². The van der Waals surface area contributed by atoms with Crippen molar-refractivity contribution in [3.8, 4) is 5.75 Å². The maximum absolute atomic E-state index is 13.7. The van der Waals surface area contributed by atoms with Crippen LogP contribution < -0.4 is 4.74 Å². The number of thioether (sulfide) groups is 1. The van der Waals surface area contributed by atoms with E-state index >= 15 is 0 Å². The van der Waals surface area contributed by atoms with E-state index in [2.05, 4.69) is 0 Å². The Bertz CT molecular complexity index is 973. The van der Waals surface area contributed by atoms with Crippen LogP contribution in [0.25, 0.3) is 4.91 Å². The second-order valence-electron chi connectivity index (χ2n) is 7.92. The van der Waals surface area contributed by atoms with Crippen molar-refractivity contribution in [2.45, 2.75) is 25.2 Å². The summed E-state index contributed by atoms with van der Waals surface area (Å²) in [5.41, 5.74) is 2.78. The van der Waals surface area contributed by atoms with Gasteiger partial charge in [-0.1, -0.05) is 42.5 Å². The van der Waals surface area contributed by atoms with Gasteiger partial charge in [-0.15, -0.1) is 11.8 Å². The summed E-state index contributed by atoms with van der Waals surface area (Å²) in [4.78, 5) is 30.5. The van der Waals surface area contributed by atoms with Crippen LogP contribution in [0.2, 0.25) is 0 Å². The average Bonchev–Trinajstić information content (AvgIpc) is 2.88. The first-order valence-electron chi connectivity index (χ1n) is 10.5. The van der Waals surface area contributed by atoms with Crippen LogP contribution in [0.15, 0.2) is 60.3 Å². The van der Waals surface area contributed by atoms with Gasteiger partial charge in [0.1, 0.15) is 5.75 Å². The summed E-state index contributed by atoms with van der Waals surface area (Å²) in [6.07, 6.45) is -0.941. The Kier molecular flexibility index (Phi) is 7.99. The maximum Gasteiger partial charge on any atom is 0.303 e. The van der Waals surface area contributed by atoms with E-state index in [1.807, 2.05) is 80.5 Å². The fourth-order valence-electron chi connectivity index (χ4n) is 3.62. The van der Waals surface area contributed by atoms with Gasteiger partial charge < -0.3 is 19.3 Å². The zero-order chi connectivity index (χ0) is 23.3. The van der Waals surface area contributed by atoms with E-state index in [4.69, 9.17) is 9.47 Å². The Morgan fingerprint density at radius 2 is 1.75 bits per heavy atom. The van der Waals surface area contributed by atoms with E-state index in [0.717, 1.165) is 27.5 Å². The lowest BCUT2D eigenvalue weighted by Gasteiger charge is -2.29. The van der Waals surface area contributed by atoms with E-state index in [9.17, 15) is 9.59 Å². The summed E-state index contributed by atoms with van der Waals surface area (Å²) >= 11 is 1.56. The number of amides is 1. The molecule has 0 aromatic heterocycles. The fourth-order valence-corrected chi connectivity index (χ4v) is 5.01. The van der Waals surface area contributed by atoms with Crippen LogP contribution in [-0.2, 0) is 14.3 Å². The number of methoxy groups -OCH3 is 1. The van der Waals surface area contributed by atoms with Gasteiger partial charge in [-0.2, -0.15) is 0 Å². The van der Waals surface area contributed by atoms with Crippen LogP contribution in [0.4, 0.5) is 0 Å². The third-order valence-electron chi connectivity index (χ3n) is 5.31. The molecule has 170 valence electrons. The lowest BCUT2D eigenvalue weighted by Crippen LogP contribution is -2.43. The summed E-state index contributed by atoms with van der Waals surface area (Å²) in [5.74, 6) is 0.0417. The molecule has 0 aliphatic carbocycles. The van der Waals surface area contributed by atoms with Crippen LogP contribution in [0.3, 0.4) is 0 Å². The highest BCUT2D eigenvalue weighted by Gasteiger charge is 2.41. The number of benzene rings is 2. The van der Waals surface area contributed by atoms with Gasteiger partial charge in [0, 0.05) is 30.6 Å². The first kappa shape index (κ1) is 23.9. The molecule has 0 saturated carbocycles. The van der Waals surface area contributed by atoms with Crippen molar-refractivity contribution in [2.75, 3.05) is 34.3 Å². The minimum atomic E-state index is -0.941. The number of hydrogen-bond donors (Lipinski definition) is 0.